The predicted octanol–water partition coefficient (Wildman–Crippen LogP) is 2.66. The van der Waals surface area contributed by atoms with Gasteiger partial charge in [-0.3, -0.25) is 4.98 Å². The number of halogens is 1. The molecule has 0 spiro atoms. The lowest BCUT2D eigenvalue weighted by Crippen LogP contribution is -2.26. The first-order chi connectivity index (χ1) is 7.15. The van der Waals surface area contributed by atoms with Crippen LogP contribution in [-0.2, 0) is 0 Å². The lowest BCUT2D eigenvalue weighted by Gasteiger charge is -2.23. The van der Waals surface area contributed by atoms with Gasteiger partial charge in [0.1, 0.15) is 0 Å². The highest BCUT2D eigenvalue weighted by Crippen LogP contribution is 2.23. The number of aliphatic hydroxyl groups excluding tert-OH is 1. The minimum atomic E-state index is 0.207. The molecule has 0 radical (unpaired) electrons. The molecule has 1 unspecified atom stereocenters. The Bertz CT molecular complexity index is 304. The largest absolute Gasteiger partial charge is 0.396 e. The fourth-order valence-electron chi connectivity index (χ4n) is 1.40. The number of hydrogen-bond donors (Lipinski definition) is 2. The summed E-state index contributed by atoms with van der Waals surface area (Å²) in [5, 5.41) is 12.4. The Morgan fingerprint density at radius 1 is 1.53 bits per heavy atom. The summed E-state index contributed by atoms with van der Waals surface area (Å²) < 4.78 is 0.952. The van der Waals surface area contributed by atoms with E-state index >= 15 is 0 Å². The van der Waals surface area contributed by atoms with Crippen molar-refractivity contribution in [2.45, 2.75) is 26.3 Å². The third-order valence-electron chi connectivity index (χ3n) is 2.36. The van der Waals surface area contributed by atoms with Gasteiger partial charge < -0.3 is 10.4 Å². The SMILES string of the molecule is CC(C)C(CCO)Nc1ccncc1Br. The van der Waals surface area contributed by atoms with E-state index in [2.05, 4.69) is 40.1 Å². The van der Waals surface area contributed by atoms with Gasteiger partial charge in [0.2, 0.25) is 0 Å². The minimum absolute atomic E-state index is 0.207. The average Bonchev–Trinajstić information content (AvgIpc) is 2.20. The smallest absolute Gasteiger partial charge is 0.0590 e. The molecular weight excluding hydrogens is 256 g/mol. The molecule has 1 atom stereocenters. The average molecular weight is 273 g/mol. The van der Waals surface area contributed by atoms with Crippen LogP contribution in [0.5, 0.6) is 0 Å². The Balaban J connectivity index is 2.69. The van der Waals surface area contributed by atoms with Crippen LogP contribution in [0.15, 0.2) is 22.9 Å². The highest BCUT2D eigenvalue weighted by molar-refractivity contribution is 9.10. The third-order valence-corrected chi connectivity index (χ3v) is 2.99. The zero-order valence-electron chi connectivity index (χ0n) is 9.07. The van der Waals surface area contributed by atoms with Gasteiger partial charge in [-0.1, -0.05) is 13.8 Å². The summed E-state index contributed by atoms with van der Waals surface area (Å²) in [5.41, 5.74) is 1.03. The fourth-order valence-corrected chi connectivity index (χ4v) is 1.77. The van der Waals surface area contributed by atoms with E-state index < -0.39 is 0 Å². The fraction of sp³-hybridized carbons (Fsp3) is 0.545. The van der Waals surface area contributed by atoms with Gasteiger partial charge in [0.25, 0.3) is 0 Å². The normalized spacial score (nSPS) is 12.9. The molecule has 1 aromatic rings. The summed E-state index contributed by atoms with van der Waals surface area (Å²) in [7, 11) is 0. The first kappa shape index (κ1) is 12.5. The number of rotatable bonds is 5. The van der Waals surface area contributed by atoms with E-state index in [0.717, 1.165) is 16.6 Å². The molecule has 0 aliphatic carbocycles. The summed E-state index contributed by atoms with van der Waals surface area (Å²) in [6.07, 6.45) is 4.27. The summed E-state index contributed by atoms with van der Waals surface area (Å²) in [4.78, 5) is 4.01. The molecule has 3 nitrogen and oxygen atoms in total. The molecule has 0 bridgehead atoms. The van der Waals surface area contributed by atoms with Crippen LogP contribution in [0, 0.1) is 5.92 Å². The van der Waals surface area contributed by atoms with E-state index in [4.69, 9.17) is 5.11 Å². The third kappa shape index (κ3) is 3.80. The highest BCUT2D eigenvalue weighted by Gasteiger charge is 2.13. The van der Waals surface area contributed by atoms with Crippen molar-refractivity contribution < 1.29 is 5.11 Å². The van der Waals surface area contributed by atoms with Crippen molar-refractivity contribution in [3.05, 3.63) is 22.9 Å². The number of nitrogens with zero attached hydrogens (tertiary/aromatic N) is 1. The van der Waals surface area contributed by atoms with Crippen LogP contribution in [0.4, 0.5) is 5.69 Å². The van der Waals surface area contributed by atoms with Crippen molar-refractivity contribution in [2.75, 3.05) is 11.9 Å². The first-order valence-corrected chi connectivity index (χ1v) is 5.91. The second kappa shape index (κ2) is 6.08. The van der Waals surface area contributed by atoms with Crippen LogP contribution in [0.25, 0.3) is 0 Å². The first-order valence-electron chi connectivity index (χ1n) is 5.12. The second-order valence-corrected chi connectivity index (χ2v) is 4.72. The highest BCUT2D eigenvalue weighted by atomic mass is 79.9. The molecule has 0 saturated carbocycles. The van der Waals surface area contributed by atoms with Crippen LogP contribution in [-0.4, -0.2) is 22.7 Å². The van der Waals surface area contributed by atoms with E-state index in [1.807, 2.05) is 6.07 Å². The molecule has 1 aromatic heterocycles. The zero-order valence-corrected chi connectivity index (χ0v) is 10.7. The standard InChI is InChI=1S/C11H17BrN2O/c1-8(2)10(4-6-15)14-11-3-5-13-7-9(11)12/h3,5,7-8,10,15H,4,6H2,1-2H3,(H,13,14). The molecule has 1 heterocycles. The van der Waals surface area contributed by atoms with Crippen molar-refractivity contribution in [3.63, 3.8) is 0 Å². The van der Waals surface area contributed by atoms with Gasteiger partial charge in [0.15, 0.2) is 0 Å². The molecule has 0 aliphatic heterocycles. The monoisotopic (exact) mass is 272 g/mol. The lowest BCUT2D eigenvalue weighted by molar-refractivity contribution is 0.267. The molecule has 0 saturated heterocycles. The number of nitrogens with one attached hydrogen (secondary N) is 1. The molecule has 4 heteroatoms. The van der Waals surface area contributed by atoms with Gasteiger partial charge in [-0.2, -0.15) is 0 Å². The number of aliphatic hydroxyl groups is 1. The van der Waals surface area contributed by atoms with Crippen LogP contribution in [0.3, 0.4) is 0 Å². The zero-order chi connectivity index (χ0) is 11.3. The van der Waals surface area contributed by atoms with Crippen molar-refractivity contribution in [1.29, 1.82) is 0 Å². The van der Waals surface area contributed by atoms with Crippen LogP contribution < -0.4 is 5.32 Å². The van der Waals surface area contributed by atoms with Gasteiger partial charge in [-0.15, -0.1) is 0 Å². The molecule has 1 rings (SSSR count). The van der Waals surface area contributed by atoms with Crippen molar-refractivity contribution in [3.8, 4) is 0 Å². The van der Waals surface area contributed by atoms with Crippen LogP contribution in [0.1, 0.15) is 20.3 Å². The van der Waals surface area contributed by atoms with Gasteiger partial charge >= 0.3 is 0 Å². The number of anilines is 1. The Labute approximate surface area is 99.1 Å². The van der Waals surface area contributed by atoms with E-state index in [-0.39, 0.29) is 12.6 Å². The number of pyridine rings is 1. The summed E-state index contributed by atoms with van der Waals surface area (Å²) in [6, 6.07) is 2.21. The van der Waals surface area contributed by atoms with Gasteiger partial charge in [0, 0.05) is 25.0 Å². The van der Waals surface area contributed by atoms with E-state index in [0.29, 0.717) is 5.92 Å². The predicted molar refractivity (Wildman–Crippen MR) is 65.9 cm³/mol. The van der Waals surface area contributed by atoms with Gasteiger partial charge in [0.05, 0.1) is 10.2 Å². The second-order valence-electron chi connectivity index (χ2n) is 3.86. The Morgan fingerprint density at radius 2 is 2.27 bits per heavy atom. The summed E-state index contributed by atoms with van der Waals surface area (Å²) in [6.45, 7) is 4.49. The maximum Gasteiger partial charge on any atom is 0.0590 e. The molecule has 0 aromatic carbocycles. The minimum Gasteiger partial charge on any atom is -0.396 e. The molecule has 2 N–H and O–H groups in total. The molecule has 84 valence electrons. The van der Waals surface area contributed by atoms with E-state index in [9.17, 15) is 0 Å². The Kier molecular flexibility index (Phi) is 5.05. The van der Waals surface area contributed by atoms with Crippen molar-refractivity contribution in [2.24, 2.45) is 5.92 Å². The molecule has 0 fully saturated rings. The molecule has 0 amide bonds. The van der Waals surface area contributed by atoms with E-state index in [1.54, 1.807) is 12.4 Å². The lowest BCUT2D eigenvalue weighted by atomic mass is 10.0. The number of aromatic nitrogens is 1. The Hall–Kier alpha value is -0.610. The van der Waals surface area contributed by atoms with Crippen LogP contribution in [0.2, 0.25) is 0 Å². The summed E-state index contributed by atoms with van der Waals surface area (Å²) in [5.74, 6) is 0.484. The number of hydrogen-bond acceptors (Lipinski definition) is 3. The van der Waals surface area contributed by atoms with Gasteiger partial charge in [-0.25, -0.2) is 0 Å². The molecule has 0 aliphatic rings. The Morgan fingerprint density at radius 3 is 2.80 bits per heavy atom. The molecular formula is C11H17BrN2O. The van der Waals surface area contributed by atoms with Crippen LogP contribution >= 0.6 is 15.9 Å². The van der Waals surface area contributed by atoms with Crippen molar-refractivity contribution in [1.82, 2.24) is 4.98 Å². The van der Waals surface area contributed by atoms with E-state index in [1.165, 1.54) is 0 Å². The maximum absolute atomic E-state index is 8.97. The molecule has 15 heavy (non-hydrogen) atoms. The quantitative estimate of drug-likeness (QED) is 0.867. The maximum atomic E-state index is 8.97. The van der Waals surface area contributed by atoms with Gasteiger partial charge in [-0.05, 0) is 34.3 Å². The summed E-state index contributed by atoms with van der Waals surface area (Å²) >= 11 is 3.44. The van der Waals surface area contributed by atoms with Crippen molar-refractivity contribution >= 4 is 21.6 Å². The topological polar surface area (TPSA) is 45.1 Å².